The van der Waals surface area contributed by atoms with E-state index in [0.29, 0.717) is 10.0 Å². The summed E-state index contributed by atoms with van der Waals surface area (Å²) in [5.74, 6) is 0.119. The zero-order valence-electron chi connectivity index (χ0n) is 9.41. The highest BCUT2D eigenvalue weighted by atomic mass is 79.9. The van der Waals surface area contributed by atoms with Crippen molar-refractivity contribution in [2.45, 2.75) is 31.2 Å². The Morgan fingerprint density at radius 3 is 2.39 bits per heavy atom. The number of halogens is 4. The van der Waals surface area contributed by atoms with Gasteiger partial charge in [-0.25, -0.2) is 0 Å². The maximum absolute atomic E-state index is 12.7. The van der Waals surface area contributed by atoms with E-state index in [9.17, 15) is 18.3 Å². The molecule has 2 rings (SSSR count). The quantitative estimate of drug-likeness (QED) is 0.897. The van der Waals surface area contributed by atoms with Crippen LogP contribution in [0.15, 0.2) is 22.7 Å². The maximum Gasteiger partial charge on any atom is 0.416 e. The Labute approximate surface area is 111 Å². The summed E-state index contributed by atoms with van der Waals surface area (Å²) in [6, 6.07) is 2.74. The third kappa shape index (κ3) is 3.05. The minimum absolute atomic E-state index is 0.119. The van der Waals surface area contributed by atoms with Gasteiger partial charge in [0, 0.05) is 4.47 Å². The maximum atomic E-state index is 12.7. The van der Waals surface area contributed by atoms with Gasteiger partial charge >= 0.3 is 6.18 Å². The highest BCUT2D eigenvalue weighted by molar-refractivity contribution is 9.10. The Hall–Kier alpha value is -0.590. The number of benzene rings is 1. The van der Waals surface area contributed by atoms with E-state index in [1.807, 2.05) is 0 Å². The van der Waals surface area contributed by atoms with Crippen LogP contribution in [0.2, 0.25) is 0 Å². The largest absolute Gasteiger partial charge is 0.416 e. The summed E-state index contributed by atoms with van der Waals surface area (Å²) < 4.78 is 38.3. The van der Waals surface area contributed by atoms with Crippen molar-refractivity contribution in [3.63, 3.8) is 0 Å². The average Bonchev–Trinajstić information content (AvgIpc) is 3.08. The summed E-state index contributed by atoms with van der Waals surface area (Å²) in [4.78, 5) is 0. The molecule has 0 heterocycles. The lowest BCUT2D eigenvalue weighted by atomic mass is 9.97. The molecule has 0 aromatic heterocycles. The van der Waals surface area contributed by atoms with Crippen LogP contribution in [0.3, 0.4) is 0 Å². The van der Waals surface area contributed by atoms with Gasteiger partial charge in [0.25, 0.3) is 0 Å². The van der Waals surface area contributed by atoms with Crippen molar-refractivity contribution < 1.29 is 18.3 Å². The smallest absolute Gasteiger partial charge is 0.391 e. The zero-order valence-corrected chi connectivity index (χ0v) is 11.0. The van der Waals surface area contributed by atoms with Crippen LogP contribution < -0.4 is 5.73 Å². The van der Waals surface area contributed by atoms with Crippen LogP contribution in [0, 0.1) is 5.92 Å². The SMILES string of the molecule is N[C@@H](c1cc(Br)cc(C(F)(F)F)c1)[C@H](O)C1CC1. The highest BCUT2D eigenvalue weighted by Crippen LogP contribution is 2.39. The zero-order chi connectivity index (χ0) is 13.5. The van der Waals surface area contributed by atoms with E-state index in [2.05, 4.69) is 15.9 Å². The lowest BCUT2D eigenvalue weighted by Gasteiger charge is -2.20. The van der Waals surface area contributed by atoms with Crippen LogP contribution in [-0.4, -0.2) is 11.2 Å². The second kappa shape index (κ2) is 4.83. The lowest BCUT2D eigenvalue weighted by Crippen LogP contribution is -2.28. The van der Waals surface area contributed by atoms with Crippen LogP contribution in [-0.2, 0) is 6.18 Å². The van der Waals surface area contributed by atoms with Gasteiger partial charge in [-0.15, -0.1) is 0 Å². The fourth-order valence-corrected chi connectivity index (χ4v) is 2.41. The standard InChI is InChI=1S/C12H13BrF3NO/c13-9-4-7(3-8(5-9)12(14,15)16)10(17)11(18)6-1-2-6/h3-6,10-11,18H,1-2,17H2/t10-,11+/m0/s1. The van der Waals surface area contributed by atoms with Crippen molar-refractivity contribution in [3.8, 4) is 0 Å². The van der Waals surface area contributed by atoms with E-state index in [-0.39, 0.29) is 5.92 Å². The summed E-state index contributed by atoms with van der Waals surface area (Å²) in [6.45, 7) is 0. The molecule has 2 nitrogen and oxygen atoms in total. The van der Waals surface area contributed by atoms with Gasteiger partial charge in [0.2, 0.25) is 0 Å². The number of aliphatic hydroxyl groups excluding tert-OH is 1. The number of alkyl halides is 3. The number of hydrogen-bond acceptors (Lipinski definition) is 2. The van der Waals surface area contributed by atoms with Crippen LogP contribution in [0.25, 0.3) is 0 Å². The lowest BCUT2D eigenvalue weighted by molar-refractivity contribution is -0.137. The molecule has 0 unspecified atom stereocenters. The van der Waals surface area contributed by atoms with Gasteiger partial charge in [-0.1, -0.05) is 15.9 Å². The molecule has 100 valence electrons. The Bertz CT molecular complexity index is 445. The number of nitrogens with two attached hydrogens (primary N) is 1. The van der Waals surface area contributed by atoms with Gasteiger partial charge in [0.1, 0.15) is 0 Å². The second-order valence-corrected chi connectivity index (χ2v) is 5.54. The third-order valence-corrected chi connectivity index (χ3v) is 3.56. The monoisotopic (exact) mass is 323 g/mol. The van der Waals surface area contributed by atoms with Crippen molar-refractivity contribution >= 4 is 15.9 Å². The summed E-state index contributed by atoms with van der Waals surface area (Å²) in [5, 5.41) is 9.87. The molecule has 1 aromatic rings. The van der Waals surface area contributed by atoms with Gasteiger partial charge < -0.3 is 10.8 Å². The first kappa shape index (κ1) is 13.8. The van der Waals surface area contributed by atoms with Gasteiger partial charge in [-0.2, -0.15) is 13.2 Å². The number of rotatable bonds is 3. The summed E-state index contributed by atoms with van der Waals surface area (Å²) >= 11 is 3.04. The molecule has 6 heteroatoms. The number of aliphatic hydroxyl groups is 1. The second-order valence-electron chi connectivity index (χ2n) is 4.62. The molecule has 1 saturated carbocycles. The van der Waals surface area contributed by atoms with E-state index in [4.69, 9.17) is 5.73 Å². The minimum atomic E-state index is -4.41. The third-order valence-electron chi connectivity index (χ3n) is 3.11. The fraction of sp³-hybridized carbons (Fsp3) is 0.500. The first-order valence-electron chi connectivity index (χ1n) is 5.60. The molecular weight excluding hydrogens is 311 g/mol. The van der Waals surface area contributed by atoms with Crippen molar-refractivity contribution in [2.75, 3.05) is 0 Å². The number of hydrogen-bond donors (Lipinski definition) is 2. The highest BCUT2D eigenvalue weighted by Gasteiger charge is 2.36. The molecule has 1 aliphatic carbocycles. The van der Waals surface area contributed by atoms with E-state index in [0.717, 1.165) is 25.0 Å². The molecule has 18 heavy (non-hydrogen) atoms. The van der Waals surface area contributed by atoms with Crippen molar-refractivity contribution in [3.05, 3.63) is 33.8 Å². The Morgan fingerprint density at radius 2 is 1.89 bits per heavy atom. The van der Waals surface area contributed by atoms with E-state index < -0.39 is 23.9 Å². The molecular formula is C12H13BrF3NO. The molecule has 0 spiro atoms. The Balaban J connectivity index is 2.29. The molecule has 0 bridgehead atoms. The Morgan fingerprint density at radius 1 is 1.28 bits per heavy atom. The van der Waals surface area contributed by atoms with Gasteiger partial charge in [-0.3, -0.25) is 0 Å². The first-order valence-corrected chi connectivity index (χ1v) is 6.39. The van der Waals surface area contributed by atoms with Crippen molar-refractivity contribution in [1.82, 2.24) is 0 Å². The summed E-state index contributed by atoms with van der Waals surface area (Å²) in [5.41, 5.74) is 5.37. The van der Waals surface area contributed by atoms with Crippen LogP contribution >= 0.6 is 15.9 Å². The van der Waals surface area contributed by atoms with Gasteiger partial charge in [-0.05, 0) is 42.5 Å². The molecule has 0 amide bonds. The minimum Gasteiger partial charge on any atom is -0.391 e. The molecule has 1 aromatic carbocycles. The van der Waals surface area contributed by atoms with E-state index >= 15 is 0 Å². The first-order chi connectivity index (χ1) is 8.29. The topological polar surface area (TPSA) is 46.2 Å². The summed E-state index contributed by atoms with van der Waals surface area (Å²) in [7, 11) is 0. The predicted molar refractivity (Wildman–Crippen MR) is 64.8 cm³/mol. The van der Waals surface area contributed by atoms with Gasteiger partial charge in [0.05, 0.1) is 17.7 Å². The molecule has 0 saturated heterocycles. The molecule has 3 N–H and O–H groups in total. The van der Waals surface area contributed by atoms with Crippen LogP contribution in [0.4, 0.5) is 13.2 Å². The molecule has 0 radical (unpaired) electrons. The normalized spacial score (nSPS) is 19.7. The van der Waals surface area contributed by atoms with Crippen molar-refractivity contribution in [2.24, 2.45) is 11.7 Å². The van der Waals surface area contributed by atoms with Crippen molar-refractivity contribution in [1.29, 1.82) is 0 Å². The van der Waals surface area contributed by atoms with Crippen LogP contribution in [0.1, 0.15) is 30.0 Å². The van der Waals surface area contributed by atoms with E-state index in [1.165, 1.54) is 6.07 Å². The Kier molecular flexibility index (Phi) is 3.71. The summed E-state index contributed by atoms with van der Waals surface area (Å²) in [6.07, 6.45) is -3.42. The average molecular weight is 324 g/mol. The fourth-order valence-electron chi connectivity index (χ4n) is 1.90. The predicted octanol–water partition coefficient (Wildman–Crippen LogP) is 3.24. The van der Waals surface area contributed by atoms with E-state index in [1.54, 1.807) is 0 Å². The van der Waals surface area contributed by atoms with Crippen LogP contribution in [0.5, 0.6) is 0 Å². The molecule has 1 fully saturated rings. The molecule has 0 aliphatic heterocycles. The molecule has 1 aliphatic rings. The van der Waals surface area contributed by atoms with Gasteiger partial charge in [0.15, 0.2) is 0 Å². The molecule has 2 atom stereocenters.